The van der Waals surface area contributed by atoms with Gasteiger partial charge in [0, 0.05) is 55.1 Å². The molecular weight excluding hydrogens is 430 g/mol. The monoisotopic (exact) mass is 450 g/mol. The molecule has 0 aliphatic carbocycles. The molecule has 5 rings (SSSR count). The Morgan fingerprint density at radius 1 is 1.15 bits per heavy atom. The lowest BCUT2D eigenvalue weighted by molar-refractivity contribution is 0.0115. The molecule has 10 heteroatoms. The van der Waals surface area contributed by atoms with Gasteiger partial charge in [-0.1, -0.05) is 6.07 Å². The molecular formula is C23H20F2N6O2. The van der Waals surface area contributed by atoms with Crippen LogP contribution in [0, 0.1) is 0 Å². The Morgan fingerprint density at radius 3 is 2.79 bits per heavy atom. The summed E-state index contributed by atoms with van der Waals surface area (Å²) >= 11 is 0. The van der Waals surface area contributed by atoms with Crippen LogP contribution in [-0.2, 0) is 6.54 Å². The molecule has 0 atom stereocenters. The molecule has 8 nitrogen and oxygen atoms in total. The van der Waals surface area contributed by atoms with E-state index >= 15 is 0 Å². The van der Waals surface area contributed by atoms with Gasteiger partial charge in [0.1, 0.15) is 0 Å². The van der Waals surface area contributed by atoms with Gasteiger partial charge in [-0.15, -0.1) is 0 Å². The molecule has 1 saturated heterocycles. The summed E-state index contributed by atoms with van der Waals surface area (Å²) < 4.78 is 27.0. The highest BCUT2D eigenvalue weighted by Crippen LogP contribution is 2.29. The number of halogens is 2. The lowest BCUT2D eigenvalue weighted by Gasteiger charge is -2.15. The molecule has 1 fully saturated rings. The molecule has 4 heterocycles. The minimum atomic E-state index is -2.64. The van der Waals surface area contributed by atoms with Crippen LogP contribution in [-0.4, -0.2) is 50.0 Å². The van der Waals surface area contributed by atoms with E-state index in [4.69, 9.17) is 0 Å². The van der Waals surface area contributed by atoms with Crippen LogP contribution < -0.4 is 10.9 Å². The van der Waals surface area contributed by atoms with Crippen molar-refractivity contribution in [2.75, 3.05) is 18.4 Å². The summed E-state index contributed by atoms with van der Waals surface area (Å²) in [6.07, 6.45) is 4.66. The molecule has 0 spiro atoms. The standard InChI is InChI=1S/C23H20F2N6O2/c24-23(25)5-6-31(13-23)12-14-7-16(10-26-9-14)15-1-3-19-18(8-15)21(30-29-19)22(33)28-17-2-4-20(32)27-11-17/h1-4,7-11H,5-6,12-13H2,(H,27,32)(H,28,33)(H,29,30). The molecule has 1 aromatic carbocycles. The summed E-state index contributed by atoms with van der Waals surface area (Å²) in [4.78, 5) is 32.5. The predicted molar refractivity (Wildman–Crippen MR) is 119 cm³/mol. The fraction of sp³-hybridized carbons (Fsp3) is 0.217. The molecule has 0 unspecified atom stereocenters. The number of nitrogens with zero attached hydrogens (tertiary/aromatic N) is 3. The highest BCUT2D eigenvalue weighted by atomic mass is 19.3. The molecule has 0 bridgehead atoms. The van der Waals surface area contributed by atoms with Crippen molar-refractivity contribution in [2.24, 2.45) is 0 Å². The first kappa shape index (κ1) is 21.0. The molecule has 33 heavy (non-hydrogen) atoms. The van der Waals surface area contributed by atoms with Gasteiger partial charge in [-0.3, -0.25) is 24.6 Å². The number of hydrogen-bond acceptors (Lipinski definition) is 5. The summed E-state index contributed by atoms with van der Waals surface area (Å²) in [5.74, 6) is -3.06. The summed E-state index contributed by atoms with van der Waals surface area (Å²) in [5.41, 5.74) is 3.55. The Balaban J connectivity index is 1.40. The van der Waals surface area contributed by atoms with E-state index in [1.807, 2.05) is 24.3 Å². The third-order valence-corrected chi connectivity index (χ3v) is 5.60. The summed E-state index contributed by atoms with van der Waals surface area (Å²) in [7, 11) is 0. The van der Waals surface area contributed by atoms with Crippen LogP contribution in [0.5, 0.6) is 0 Å². The van der Waals surface area contributed by atoms with Gasteiger partial charge in [0.25, 0.3) is 11.8 Å². The molecule has 0 saturated carbocycles. The van der Waals surface area contributed by atoms with Crippen molar-refractivity contribution in [3.63, 3.8) is 0 Å². The number of aromatic amines is 2. The molecule has 4 aromatic rings. The summed E-state index contributed by atoms with van der Waals surface area (Å²) in [5, 5.41) is 10.3. The third kappa shape index (κ3) is 4.51. The number of pyridine rings is 2. The highest BCUT2D eigenvalue weighted by Gasteiger charge is 2.37. The molecule has 1 aliphatic heterocycles. The number of carbonyl (C=O) groups is 1. The fourth-order valence-corrected chi connectivity index (χ4v) is 3.98. The quantitative estimate of drug-likeness (QED) is 0.432. The maximum absolute atomic E-state index is 13.5. The largest absolute Gasteiger partial charge is 0.327 e. The Morgan fingerprint density at radius 2 is 2.03 bits per heavy atom. The summed E-state index contributed by atoms with van der Waals surface area (Å²) in [6, 6.07) is 10.3. The summed E-state index contributed by atoms with van der Waals surface area (Å²) in [6.45, 7) is 0.509. The van der Waals surface area contributed by atoms with Gasteiger partial charge in [-0.25, -0.2) is 8.78 Å². The van der Waals surface area contributed by atoms with E-state index in [1.54, 1.807) is 17.3 Å². The van der Waals surface area contributed by atoms with E-state index in [2.05, 4.69) is 25.5 Å². The second kappa shape index (κ2) is 8.21. The molecule has 0 radical (unpaired) electrons. The first-order chi connectivity index (χ1) is 15.9. The first-order valence-electron chi connectivity index (χ1n) is 10.4. The van der Waals surface area contributed by atoms with Gasteiger partial charge in [0.15, 0.2) is 5.69 Å². The fourth-order valence-electron chi connectivity index (χ4n) is 3.98. The first-order valence-corrected chi connectivity index (χ1v) is 10.4. The lowest BCUT2D eigenvalue weighted by Crippen LogP contribution is -2.24. The van der Waals surface area contributed by atoms with Gasteiger partial charge >= 0.3 is 0 Å². The van der Waals surface area contributed by atoms with Gasteiger partial charge in [-0.2, -0.15) is 5.10 Å². The molecule has 168 valence electrons. The van der Waals surface area contributed by atoms with Crippen molar-refractivity contribution in [2.45, 2.75) is 18.9 Å². The van der Waals surface area contributed by atoms with Crippen molar-refractivity contribution in [1.29, 1.82) is 0 Å². The van der Waals surface area contributed by atoms with Crippen LogP contribution >= 0.6 is 0 Å². The molecule has 3 N–H and O–H groups in total. The minimum absolute atomic E-state index is 0.124. The number of carbonyl (C=O) groups excluding carboxylic acids is 1. The number of hydrogen-bond donors (Lipinski definition) is 3. The van der Waals surface area contributed by atoms with Crippen LogP contribution in [0.4, 0.5) is 14.5 Å². The van der Waals surface area contributed by atoms with Crippen molar-refractivity contribution in [3.8, 4) is 11.1 Å². The number of aromatic nitrogens is 4. The number of alkyl halides is 2. The number of fused-ring (bicyclic) bond motifs is 1. The van der Waals surface area contributed by atoms with E-state index in [9.17, 15) is 18.4 Å². The SMILES string of the molecule is O=C(Nc1ccc(=O)[nH]c1)c1n[nH]c2ccc(-c3cncc(CN4CCC(F)(F)C4)c3)cc12. The number of amides is 1. The van der Waals surface area contributed by atoms with Crippen molar-refractivity contribution >= 4 is 22.5 Å². The highest BCUT2D eigenvalue weighted by molar-refractivity contribution is 6.11. The van der Waals surface area contributed by atoms with Crippen molar-refractivity contribution < 1.29 is 13.6 Å². The van der Waals surface area contributed by atoms with Gasteiger partial charge < -0.3 is 10.3 Å². The Kier molecular flexibility index (Phi) is 5.21. The van der Waals surface area contributed by atoms with E-state index in [-0.39, 0.29) is 24.2 Å². The van der Waals surface area contributed by atoms with Crippen molar-refractivity contribution in [3.05, 3.63) is 76.6 Å². The van der Waals surface area contributed by atoms with Crippen LogP contribution in [0.2, 0.25) is 0 Å². The normalized spacial score (nSPS) is 15.7. The average molecular weight is 450 g/mol. The predicted octanol–water partition coefficient (Wildman–Crippen LogP) is 3.41. The van der Waals surface area contributed by atoms with Gasteiger partial charge in [0.05, 0.1) is 17.7 Å². The molecule has 1 aliphatic rings. The van der Waals surface area contributed by atoms with E-state index in [0.717, 1.165) is 16.7 Å². The van der Waals surface area contributed by atoms with Crippen LogP contribution in [0.1, 0.15) is 22.5 Å². The number of H-pyrrole nitrogens is 2. The smallest absolute Gasteiger partial charge is 0.276 e. The van der Waals surface area contributed by atoms with E-state index in [0.29, 0.717) is 29.7 Å². The number of nitrogens with one attached hydrogen (secondary N) is 3. The maximum atomic E-state index is 13.5. The van der Waals surface area contributed by atoms with Crippen LogP contribution in [0.25, 0.3) is 22.0 Å². The average Bonchev–Trinajstić information content (AvgIpc) is 3.37. The number of rotatable bonds is 5. The Hall–Kier alpha value is -3.92. The number of likely N-dealkylation sites (tertiary alicyclic amines) is 1. The van der Waals surface area contributed by atoms with E-state index < -0.39 is 11.8 Å². The van der Waals surface area contributed by atoms with Crippen LogP contribution in [0.3, 0.4) is 0 Å². The lowest BCUT2D eigenvalue weighted by atomic mass is 10.0. The van der Waals surface area contributed by atoms with Crippen molar-refractivity contribution in [1.82, 2.24) is 25.1 Å². The van der Waals surface area contributed by atoms with E-state index in [1.165, 1.54) is 18.3 Å². The zero-order chi connectivity index (χ0) is 23.0. The molecule has 3 aromatic heterocycles. The molecule has 1 amide bonds. The zero-order valence-corrected chi connectivity index (χ0v) is 17.4. The van der Waals surface area contributed by atoms with Crippen LogP contribution in [0.15, 0.2) is 59.8 Å². The van der Waals surface area contributed by atoms with Gasteiger partial charge in [0.2, 0.25) is 5.56 Å². The Labute approximate surface area is 186 Å². The zero-order valence-electron chi connectivity index (χ0n) is 17.4. The Bertz CT molecular complexity index is 1380. The second-order valence-electron chi connectivity index (χ2n) is 8.13. The van der Waals surface area contributed by atoms with Gasteiger partial charge in [-0.05, 0) is 35.4 Å². The second-order valence-corrected chi connectivity index (χ2v) is 8.13. The number of benzene rings is 1. The maximum Gasteiger partial charge on any atom is 0.276 e. The topological polar surface area (TPSA) is 107 Å². The third-order valence-electron chi connectivity index (χ3n) is 5.60. The minimum Gasteiger partial charge on any atom is -0.327 e. The number of anilines is 1.